The van der Waals surface area contributed by atoms with Gasteiger partial charge >= 0.3 is 0 Å². The maximum Gasteiger partial charge on any atom is 0.0947 e. The Morgan fingerprint density at radius 1 is 1.33 bits per heavy atom. The molecule has 1 N–H and O–H groups in total. The van der Waals surface area contributed by atoms with Crippen molar-refractivity contribution in [1.29, 1.82) is 0 Å². The molecule has 1 unspecified atom stereocenters. The highest BCUT2D eigenvalue weighted by Crippen LogP contribution is 2.40. The first-order valence-corrected chi connectivity index (χ1v) is 8.89. The summed E-state index contributed by atoms with van der Waals surface area (Å²) in [5, 5.41) is 7.05. The van der Waals surface area contributed by atoms with Crippen molar-refractivity contribution in [3.05, 3.63) is 51.5 Å². The van der Waals surface area contributed by atoms with Crippen molar-refractivity contribution in [2.75, 3.05) is 6.54 Å². The lowest BCUT2D eigenvalue weighted by atomic mass is 9.77. The van der Waals surface area contributed by atoms with Crippen molar-refractivity contribution >= 4 is 11.3 Å². The average molecular weight is 300 g/mol. The number of aromatic nitrogens is 1. The van der Waals surface area contributed by atoms with Crippen molar-refractivity contribution in [2.45, 2.75) is 51.5 Å². The average Bonchev–Trinajstić information content (AvgIpc) is 2.83. The van der Waals surface area contributed by atoms with Gasteiger partial charge < -0.3 is 5.32 Å². The second-order valence-corrected chi connectivity index (χ2v) is 6.90. The van der Waals surface area contributed by atoms with Crippen molar-refractivity contribution in [2.24, 2.45) is 0 Å². The standard InChI is InChI=1S/C18H24N2S/c1-3-19-17(11-18-20-13(2)12-21-18)16-10-5-4-9-15(16)14-7-6-8-14/h4-5,9-10,12,14,17,19H,3,6-8,11H2,1-2H3. The van der Waals surface area contributed by atoms with Gasteiger partial charge in [-0.05, 0) is 43.4 Å². The van der Waals surface area contributed by atoms with Crippen LogP contribution in [-0.2, 0) is 6.42 Å². The number of nitrogens with one attached hydrogen (secondary N) is 1. The lowest BCUT2D eigenvalue weighted by molar-refractivity contribution is 0.411. The van der Waals surface area contributed by atoms with Gasteiger partial charge in [0, 0.05) is 23.5 Å². The summed E-state index contributed by atoms with van der Waals surface area (Å²) in [7, 11) is 0. The molecule has 1 fully saturated rings. The molecular weight excluding hydrogens is 276 g/mol. The number of rotatable bonds is 6. The fourth-order valence-electron chi connectivity index (χ4n) is 3.13. The molecule has 1 aliphatic rings. The molecule has 21 heavy (non-hydrogen) atoms. The number of hydrogen-bond acceptors (Lipinski definition) is 3. The highest BCUT2D eigenvalue weighted by molar-refractivity contribution is 7.09. The SMILES string of the molecule is CCNC(Cc1nc(C)cs1)c1ccccc1C1CCC1. The van der Waals surface area contributed by atoms with Gasteiger partial charge in [0.1, 0.15) is 0 Å². The molecule has 0 radical (unpaired) electrons. The third-order valence-corrected chi connectivity index (χ3v) is 5.40. The summed E-state index contributed by atoms with van der Waals surface area (Å²) in [4.78, 5) is 4.65. The van der Waals surface area contributed by atoms with E-state index in [4.69, 9.17) is 0 Å². The van der Waals surface area contributed by atoms with E-state index in [1.165, 1.54) is 29.8 Å². The second-order valence-electron chi connectivity index (χ2n) is 5.95. The van der Waals surface area contributed by atoms with Crippen LogP contribution in [0.5, 0.6) is 0 Å². The molecule has 1 aromatic carbocycles. The molecular formula is C18H24N2S. The zero-order valence-corrected chi connectivity index (χ0v) is 13.7. The summed E-state index contributed by atoms with van der Waals surface area (Å²) in [5.74, 6) is 0.778. The minimum Gasteiger partial charge on any atom is -0.310 e. The zero-order chi connectivity index (χ0) is 14.7. The van der Waals surface area contributed by atoms with Crippen molar-refractivity contribution < 1.29 is 0 Å². The van der Waals surface area contributed by atoms with E-state index in [-0.39, 0.29) is 0 Å². The van der Waals surface area contributed by atoms with Gasteiger partial charge in [0.2, 0.25) is 0 Å². The van der Waals surface area contributed by atoms with Crippen LogP contribution in [0.3, 0.4) is 0 Å². The van der Waals surface area contributed by atoms with Crippen LogP contribution < -0.4 is 5.32 Å². The first-order chi connectivity index (χ1) is 10.3. The van der Waals surface area contributed by atoms with Crippen LogP contribution in [0.2, 0.25) is 0 Å². The molecule has 1 aromatic heterocycles. The Labute approximate surface area is 131 Å². The Morgan fingerprint density at radius 2 is 2.14 bits per heavy atom. The van der Waals surface area contributed by atoms with Gasteiger partial charge in [-0.3, -0.25) is 0 Å². The van der Waals surface area contributed by atoms with Crippen LogP contribution >= 0.6 is 11.3 Å². The fraction of sp³-hybridized carbons (Fsp3) is 0.500. The van der Waals surface area contributed by atoms with E-state index in [2.05, 4.69) is 53.8 Å². The molecule has 0 spiro atoms. The van der Waals surface area contributed by atoms with E-state index in [9.17, 15) is 0 Å². The van der Waals surface area contributed by atoms with Crippen LogP contribution in [0.25, 0.3) is 0 Å². The Kier molecular flexibility index (Phi) is 4.71. The van der Waals surface area contributed by atoms with E-state index in [1.54, 1.807) is 16.9 Å². The monoisotopic (exact) mass is 300 g/mol. The zero-order valence-electron chi connectivity index (χ0n) is 12.9. The van der Waals surface area contributed by atoms with Gasteiger partial charge in [0.05, 0.1) is 5.01 Å². The van der Waals surface area contributed by atoms with Gasteiger partial charge in [-0.1, -0.05) is 37.6 Å². The van der Waals surface area contributed by atoms with Crippen molar-refractivity contribution in [3.63, 3.8) is 0 Å². The minimum absolute atomic E-state index is 0.386. The highest BCUT2D eigenvalue weighted by atomic mass is 32.1. The number of nitrogens with zero attached hydrogens (tertiary/aromatic N) is 1. The normalized spacial score (nSPS) is 16.7. The molecule has 1 aliphatic carbocycles. The van der Waals surface area contributed by atoms with E-state index in [0.717, 1.165) is 24.6 Å². The van der Waals surface area contributed by atoms with E-state index >= 15 is 0 Å². The van der Waals surface area contributed by atoms with Gasteiger partial charge in [-0.15, -0.1) is 11.3 Å². The van der Waals surface area contributed by atoms with E-state index in [0.29, 0.717) is 6.04 Å². The topological polar surface area (TPSA) is 24.9 Å². The maximum absolute atomic E-state index is 4.65. The van der Waals surface area contributed by atoms with Crippen LogP contribution in [0.4, 0.5) is 0 Å². The molecule has 3 heteroatoms. The van der Waals surface area contributed by atoms with Crippen molar-refractivity contribution in [3.8, 4) is 0 Å². The summed E-state index contributed by atoms with van der Waals surface area (Å²) < 4.78 is 0. The predicted octanol–water partition coefficient (Wildman–Crippen LogP) is 4.61. The fourth-order valence-corrected chi connectivity index (χ4v) is 3.95. The lowest BCUT2D eigenvalue weighted by Crippen LogP contribution is -2.25. The van der Waals surface area contributed by atoms with Gasteiger partial charge in [0.15, 0.2) is 0 Å². The van der Waals surface area contributed by atoms with Gasteiger partial charge in [-0.25, -0.2) is 4.98 Å². The number of aryl methyl sites for hydroxylation is 1. The Bertz CT molecular complexity index is 586. The summed E-state index contributed by atoms with van der Waals surface area (Å²) in [6.07, 6.45) is 5.09. The Hall–Kier alpha value is -1.19. The molecule has 0 amide bonds. The Morgan fingerprint density at radius 3 is 2.76 bits per heavy atom. The highest BCUT2D eigenvalue weighted by Gasteiger charge is 2.25. The molecule has 2 nitrogen and oxygen atoms in total. The summed E-state index contributed by atoms with van der Waals surface area (Å²) >= 11 is 1.78. The quantitative estimate of drug-likeness (QED) is 0.842. The summed E-state index contributed by atoms with van der Waals surface area (Å²) in [6, 6.07) is 9.39. The van der Waals surface area contributed by atoms with Gasteiger partial charge in [-0.2, -0.15) is 0 Å². The largest absolute Gasteiger partial charge is 0.310 e. The van der Waals surface area contributed by atoms with Crippen LogP contribution in [0.1, 0.15) is 60.0 Å². The molecule has 1 heterocycles. The first-order valence-electron chi connectivity index (χ1n) is 8.01. The van der Waals surface area contributed by atoms with Crippen molar-refractivity contribution in [1.82, 2.24) is 10.3 Å². The smallest absolute Gasteiger partial charge is 0.0947 e. The van der Waals surface area contributed by atoms with Crippen LogP contribution in [0, 0.1) is 6.92 Å². The Balaban J connectivity index is 1.86. The third kappa shape index (κ3) is 3.35. The second kappa shape index (κ2) is 6.71. The molecule has 1 saturated carbocycles. The first kappa shape index (κ1) is 14.7. The van der Waals surface area contributed by atoms with E-state index in [1.807, 2.05) is 0 Å². The molecule has 0 bridgehead atoms. The maximum atomic E-state index is 4.65. The van der Waals surface area contributed by atoms with Crippen LogP contribution in [-0.4, -0.2) is 11.5 Å². The third-order valence-electron chi connectivity index (χ3n) is 4.41. The van der Waals surface area contributed by atoms with Crippen LogP contribution in [0.15, 0.2) is 29.6 Å². The summed E-state index contributed by atoms with van der Waals surface area (Å²) in [5.41, 5.74) is 4.18. The predicted molar refractivity (Wildman–Crippen MR) is 90.0 cm³/mol. The number of hydrogen-bond donors (Lipinski definition) is 1. The lowest BCUT2D eigenvalue weighted by Gasteiger charge is -2.30. The minimum atomic E-state index is 0.386. The molecule has 112 valence electrons. The molecule has 1 atom stereocenters. The van der Waals surface area contributed by atoms with E-state index < -0.39 is 0 Å². The van der Waals surface area contributed by atoms with Gasteiger partial charge in [0.25, 0.3) is 0 Å². The molecule has 0 saturated heterocycles. The molecule has 3 rings (SSSR count). The number of thiazole rings is 1. The molecule has 2 aromatic rings. The molecule has 0 aliphatic heterocycles. The summed E-state index contributed by atoms with van der Waals surface area (Å²) in [6.45, 7) is 5.25. The number of likely N-dealkylation sites (N-methyl/N-ethyl adjacent to an activating group) is 1. The number of benzene rings is 1.